The number of aromatic nitrogens is 1. The van der Waals surface area contributed by atoms with Crippen LogP contribution in [0.4, 0.5) is 0 Å². The number of nitrogens with zero attached hydrogens (tertiary/aromatic N) is 1. The van der Waals surface area contributed by atoms with Crippen LogP contribution < -0.4 is 14.8 Å². The standard InChI is InChI=1S/C19H16N2O4S/c22-18(20-10-13-2-1-7-26-13)19(5-6-19)17-9-15(25-21-17)12-3-4-14-16(8-12)24-11-23-14/h1-4,7-9H,5-6,10-11H2,(H,20,22). The summed E-state index contributed by atoms with van der Waals surface area (Å²) in [7, 11) is 0. The van der Waals surface area contributed by atoms with Crippen molar-refractivity contribution in [3.63, 3.8) is 0 Å². The maximum atomic E-state index is 12.7. The van der Waals surface area contributed by atoms with Crippen molar-refractivity contribution in [2.24, 2.45) is 0 Å². The fourth-order valence-electron chi connectivity index (χ4n) is 3.16. The third-order valence-electron chi connectivity index (χ3n) is 4.85. The van der Waals surface area contributed by atoms with Crippen LogP contribution in [0, 0.1) is 0 Å². The summed E-state index contributed by atoms with van der Waals surface area (Å²) in [5.41, 5.74) is 0.978. The van der Waals surface area contributed by atoms with Crippen LogP contribution in [-0.4, -0.2) is 17.9 Å². The van der Waals surface area contributed by atoms with Gasteiger partial charge >= 0.3 is 0 Å². The number of carbonyl (C=O) groups excluding carboxylic acids is 1. The van der Waals surface area contributed by atoms with Gasteiger partial charge in [-0.3, -0.25) is 4.79 Å². The molecule has 132 valence electrons. The summed E-state index contributed by atoms with van der Waals surface area (Å²) in [5, 5.41) is 9.21. The molecule has 0 bridgehead atoms. The summed E-state index contributed by atoms with van der Waals surface area (Å²) < 4.78 is 16.2. The lowest BCUT2D eigenvalue weighted by Gasteiger charge is -2.11. The number of rotatable bonds is 5. The quantitative estimate of drug-likeness (QED) is 0.746. The second-order valence-corrected chi connectivity index (χ2v) is 7.52. The van der Waals surface area contributed by atoms with Gasteiger partial charge in [0.15, 0.2) is 17.3 Å². The fourth-order valence-corrected chi connectivity index (χ4v) is 3.81. The molecule has 1 saturated carbocycles. The van der Waals surface area contributed by atoms with E-state index in [1.54, 1.807) is 11.3 Å². The maximum absolute atomic E-state index is 12.7. The Labute approximate surface area is 153 Å². The Morgan fingerprint density at radius 3 is 2.88 bits per heavy atom. The molecule has 6 nitrogen and oxygen atoms in total. The predicted octanol–water partition coefficient (Wildman–Crippen LogP) is 3.48. The van der Waals surface area contributed by atoms with Gasteiger partial charge in [-0.25, -0.2) is 0 Å². The molecule has 7 heteroatoms. The van der Waals surface area contributed by atoms with E-state index in [2.05, 4.69) is 10.5 Å². The number of fused-ring (bicyclic) bond motifs is 1. The van der Waals surface area contributed by atoms with Crippen molar-refractivity contribution in [3.05, 3.63) is 52.3 Å². The molecule has 1 aliphatic heterocycles. The van der Waals surface area contributed by atoms with Gasteiger partial charge in [0, 0.05) is 16.5 Å². The first-order valence-corrected chi connectivity index (χ1v) is 9.30. The number of ether oxygens (including phenoxy) is 2. The lowest BCUT2D eigenvalue weighted by atomic mass is 10.0. The minimum Gasteiger partial charge on any atom is -0.454 e. The van der Waals surface area contributed by atoms with Gasteiger partial charge in [0.1, 0.15) is 0 Å². The highest BCUT2D eigenvalue weighted by atomic mass is 32.1. The normalized spacial score (nSPS) is 16.5. The van der Waals surface area contributed by atoms with E-state index in [1.807, 2.05) is 41.8 Å². The van der Waals surface area contributed by atoms with Crippen LogP contribution in [0.1, 0.15) is 23.4 Å². The smallest absolute Gasteiger partial charge is 0.232 e. The van der Waals surface area contributed by atoms with Crippen molar-refractivity contribution in [2.75, 3.05) is 6.79 Å². The summed E-state index contributed by atoms with van der Waals surface area (Å²) in [4.78, 5) is 13.8. The molecule has 1 amide bonds. The number of benzene rings is 1. The Bertz CT molecular complexity index is 960. The van der Waals surface area contributed by atoms with Crippen molar-refractivity contribution in [1.82, 2.24) is 10.5 Å². The third kappa shape index (κ3) is 2.55. The van der Waals surface area contributed by atoms with Crippen LogP contribution in [-0.2, 0) is 16.8 Å². The number of nitrogens with one attached hydrogen (secondary N) is 1. The highest BCUT2D eigenvalue weighted by Crippen LogP contribution is 2.49. The molecule has 0 atom stereocenters. The molecule has 0 unspecified atom stereocenters. The van der Waals surface area contributed by atoms with Gasteiger partial charge in [-0.15, -0.1) is 11.3 Å². The van der Waals surface area contributed by atoms with Crippen molar-refractivity contribution >= 4 is 17.2 Å². The van der Waals surface area contributed by atoms with E-state index >= 15 is 0 Å². The number of thiophene rings is 1. The second kappa shape index (κ2) is 5.88. The lowest BCUT2D eigenvalue weighted by Crippen LogP contribution is -2.34. The first-order chi connectivity index (χ1) is 12.7. The molecular formula is C19H16N2O4S. The number of hydrogen-bond acceptors (Lipinski definition) is 6. The molecule has 0 spiro atoms. The minimum absolute atomic E-state index is 0.0106. The van der Waals surface area contributed by atoms with Gasteiger partial charge in [0.05, 0.1) is 17.7 Å². The molecule has 0 saturated heterocycles. The van der Waals surface area contributed by atoms with Crippen LogP contribution in [0.15, 0.2) is 46.3 Å². The van der Waals surface area contributed by atoms with Crippen LogP contribution in [0.2, 0.25) is 0 Å². The molecule has 2 aliphatic rings. The van der Waals surface area contributed by atoms with E-state index in [1.165, 1.54) is 0 Å². The first kappa shape index (κ1) is 15.5. The number of amides is 1. The zero-order valence-electron chi connectivity index (χ0n) is 13.9. The zero-order chi connectivity index (χ0) is 17.6. The average Bonchev–Trinajstić information content (AvgIpc) is 3.09. The van der Waals surface area contributed by atoms with Gasteiger partial charge in [-0.1, -0.05) is 11.2 Å². The highest BCUT2D eigenvalue weighted by molar-refractivity contribution is 7.09. The topological polar surface area (TPSA) is 73.6 Å². The molecular weight excluding hydrogens is 352 g/mol. The predicted molar refractivity (Wildman–Crippen MR) is 95.1 cm³/mol. The molecule has 0 radical (unpaired) electrons. The largest absolute Gasteiger partial charge is 0.454 e. The monoisotopic (exact) mass is 368 g/mol. The van der Waals surface area contributed by atoms with Gasteiger partial charge in [-0.2, -0.15) is 0 Å². The van der Waals surface area contributed by atoms with E-state index < -0.39 is 5.41 Å². The summed E-state index contributed by atoms with van der Waals surface area (Å²) >= 11 is 1.63. The second-order valence-electron chi connectivity index (χ2n) is 6.49. The van der Waals surface area contributed by atoms with Gasteiger partial charge < -0.3 is 19.3 Å². The average molecular weight is 368 g/mol. The lowest BCUT2D eigenvalue weighted by molar-refractivity contribution is -0.123. The highest BCUT2D eigenvalue weighted by Gasteiger charge is 2.53. The molecule has 1 N–H and O–H groups in total. The van der Waals surface area contributed by atoms with E-state index in [4.69, 9.17) is 14.0 Å². The molecule has 1 aromatic carbocycles. The Morgan fingerprint density at radius 2 is 2.08 bits per heavy atom. The molecule has 1 aliphatic carbocycles. The Morgan fingerprint density at radius 1 is 1.19 bits per heavy atom. The van der Waals surface area contributed by atoms with Crippen molar-refractivity contribution in [1.29, 1.82) is 0 Å². The Balaban J connectivity index is 1.35. The van der Waals surface area contributed by atoms with Crippen LogP contribution >= 0.6 is 11.3 Å². The Kier molecular flexibility index (Phi) is 3.49. The summed E-state index contributed by atoms with van der Waals surface area (Å²) in [5.74, 6) is 2.04. The van der Waals surface area contributed by atoms with Gasteiger partial charge in [0.25, 0.3) is 0 Å². The maximum Gasteiger partial charge on any atom is 0.232 e. The van der Waals surface area contributed by atoms with Crippen molar-refractivity contribution in [3.8, 4) is 22.8 Å². The molecule has 3 aromatic rings. The molecule has 5 rings (SSSR count). The summed E-state index contributed by atoms with van der Waals surface area (Å²) in [6.07, 6.45) is 1.58. The van der Waals surface area contributed by atoms with Gasteiger partial charge in [0.2, 0.25) is 12.7 Å². The van der Waals surface area contributed by atoms with Crippen LogP contribution in [0.3, 0.4) is 0 Å². The molecule has 26 heavy (non-hydrogen) atoms. The van der Waals surface area contributed by atoms with E-state index in [9.17, 15) is 4.79 Å². The molecule has 2 aromatic heterocycles. The molecule has 3 heterocycles. The fraction of sp³-hybridized carbons (Fsp3) is 0.263. The molecule has 1 fully saturated rings. The number of hydrogen-bond donors (Lipinski definition) is 1. The number of carbonyl (C=O) groups is 1. The summed E-state index contributed by atoms with van der Waals surface area (Å²) in [6, 6.07) is 11.5. The van der Waals surface area contributed by atoms with Crippen molar-refractivity contribution in [2.45, 2.75) is 24.8 Å². The van der Waals surface area contributed by atoms with E-state index in [0.29, 0.717) is 23.7 Å². The van der Waals surface area contributed by atoms with E-state index in [0.717, 1.165) is 29.0 Å². The van der Waals surface area contributed by atoms with Gasteiger partial charge in [-0.05, 0) is 42.5 Å². The zero-order valence-corrected chi connectivity index (χ0v) is 14.7. The SMILES string of the molecule is O=C(NCc1cccs1)C1(c2cc(-c3ccc4c(c3)OCO4)on2)CC1. The van der Waals surface area contributed by atoms with Crippen LogP contribution in [0.5, 0.6) is 11.5 Å². The minimum atomic E-state index is -0.560. The van der Waals surface area contributed by atoms with Crippen molar-refractivity contribution < 1.29 is 18.8 Å². The van der Waals surface area contributed by atoms with E-state index in [-0.39, 0.29) is 12.7 Å². The first-order valence-electron chi connectivity index (χ1n) is 8.42. The van der Waals surface area contributed by atoms with Crippen LogP contribution in [0.25, 0.3) is 11.3 Å². The third-order valence-corrected chi connectivity index (χ3v) is 5.72. The summed E-state index contributed by atoms with van der Waals surface area (Å²) in [6.45, 7) is 0.777. The Hall–Kier alpha value is -2.80.